The summed E-state index contributed by atoms with van der Waals surface area (Å²) in [6, 6.07) is 8.72. The molecule has 0 bridgehead atoms. The number of ether oxygens (including phenoxy) is 1. The van der Waals surface area contributed by atoms with Crippen LogP contribution in [0.25, 0.3) is 0 Å². The highest BCUT2D eigenvalue weighted by Gasteiger charge is 2.57. The van der Waals surface area contributed by atoms with Crippen molar-refractivity contribution in [3.63, 3.8) is 0 Å². The van der Waals surface area contributed by atoms with Crippen LogP contribution in [0.2, 0.25) is 0 Å². The van der Waals surface area contributed by atoms with E-state index in [9.17, 15) is 4.79 Å². The molecule has 0 aliphatic heterocycles. The molecule has 2 fully saturated rings. The monoisotopic (exact) mass is 227 g/mol. The summed E-state index contributed by atoms with van der Waals surface area (Å²) in [7, 11) is 0. The molecule has 86 valence electrons. The number of benzene rings is 1. The zero-order valence-electron chi connectivity index (χ0n) is 9.48. The number of hydrogen-bond acceptors (Lipinski definition) is 3. The molecule has 0 aromatic heterocycles. The van der Waals surface area contributed by atoms with Crippen LogP contribution in [0, 0.1) is 17.2 Å². The van der Waals surface area contributed by atoms with Crippen LogP contribution in [0.1, 0.15) is 41.6 Å². The summed E-state index contributed by atoms with van der Waals surface area (Å²) in [5, 5.41) is 8.78. The number of nitriles is 1. The summed E-state index contributed by atoms with van der Waals surface area (Å²) in [6.07, 6.45) is 4.37. The maximum Gasteiger partial charge on any atom is 0.338 e. The fourth-order valence-electron chi connectivity index (χ4n) is 2.29. The quantitative estimate of drug-likeness (QED) is 0.746. The smallest absolute Gasteiger partial charge is 0.338 e. The van der Waals surface area contributed by atoms with Gasteiger partial charge in [-0.2, -0.15) is 5.26 Å². The normalized spacial score (nSPS) is 20.4. The van der Waals surface area contributed by atoms with Crippen LogP contribution in [0.5, 0.6) is 0 Å². The van der Waals surface area contributed by atoms with Gasteiger partial charge in [0.2, 0.25) is 0 Å². The number of esters is 1. The molecule has 3 heteroatoms. The van der Waals surface area contributed by atoms with Crippen LogP contribution in [-0.2, 0) is 4.74 Å². The third-order valence-electron chi connectivity index (χ3n) is 3.59. The Kier molecular flexibility index (Phi) is 2.19. The first-order chi connectivity index (χ1) is 8.23. The van der Waals surface area contributed by atoms with Gasteiger partial charge >= 0.3 is 5.97 Å². The molecule has 2 saturated carbocycles. The van der Waals surface area contributed by atoms with E-state index < -0.39 is 0 Å². The lowest BCUT2D eigenvalue weighted by Gasteiger charge is -2.15. The van der Waals surface area contributed by atoms with Gasteiger partial charge in [-0.15, -0.1) is 0 Å². The van der Waals surface area contributed by atoms with E-state index in [1.54, 1.807) is 24.3 Å². The summed E-state index contributed by atoms with van der Waals surface area (Å²) in [5.41, 5.74) is 0.825. The Morgan fingerprint density at radius 1 is 1.41 bits per heavy atom. The van der Waals surface area contributed by atoms with Crippen molar-refractivity contribution in [2.24, 2.45) is 5.92 Å². The second kappa shape index (κ2) is 3.59. The van der Waals surface area contributed by atoms with E-state index in [1.807, 2.05) is 6.07 Å². The zero-order chi connectivity index (χ0) is 11.9. The van der Waals surface area contributed by atoms with Crippen LogP contribution < -0.4 is 0 Å². The Hall–Kier alpha value is -1.82. The molecule has 17 heavy (non-hydrogen) atoms. The molecular formula is C14H13NO2. The third-order valence-corrected chi connectivity index (χ3v) is 3.59. The summed E-state index contributed by atoms with van der Waals surface area (Å²) in [6.45, 7) is 0. The topological polar surface area (TPSA) is 50.1 Å². The minimum absolute atomic E-state index is 0.153. The molecule has 0 heterocycles. The number of hydrogen-bond donors (Lipinski definition) is 0. The van der Waals surface area contributed by atoms with Gasteiger partial charge in [-0.1, -0.05) is 6.07 Å². The van der Waals surface area contributed by atoms with Crippen LogP contribution in [0.3, 0.4) is 0 Å². The SMILES string of the molecule is N#Cc1cccc(C(=O)OC2(C3CC3)CC2)c1. The first kappa shape index (κ1) is 10.3. The largest absolute Gasteiger partial charge is 0.455 e. The zero-order valence-corrected chi connectivity index (χ0v) is 9.48. The van der Waals surface area contributed by atoms with Gasteiger partial charge in [0.15, 0.2) is 0 Å². The molecule has 2 aliphatic carbocycles. The molecule has 0 saturated heterocycles. The lowest BCUT2D eigenvalue weighted by molar-refractivity contribution is 0.0160. The number of rotatable bonds is 3. The van der Waals surface area contributed by atoms with Gasteiger partial charge in [0.1, 0.15) is 5.60 Å². The van der Waals surface area contributed by atoms with Crippen molar-refractivity contribution in [3.8, 4) is 6.07 Å². The Balaban J connectivity index is 1.75. The molecule has 1 aromatic rings. The average Bonchev–Trinajstić information content (AvgIpc) is 3.21. The van der Waals surface area contributed by atoms with Crippen LogP contribution in [-0.4, -0.2) is 11.6 Å². The molecule has 0 N–H and O–H groups in total. The standard InChI is InChI=1S/C14H13NO2/c15-9-10-2-1-3-11(8-10)13(16)17-14(6-7-14)12-4-5-12/h1-3,8,12H,4-7H2. The Morgan fingerprint density at radius 2 is 2.18 bits per heavy atom. The minimum atomic E-state index is -0.286. The summed E-state index contributed by atoms with van der Waals surface area (Å²) >= 11 is 0. The van der Waals surface area contributed by atoms with Crippen LogP contribution in [0.4, 0.5) is 0 Å². The highest BCUT2D eigenvalue weighted by Crippen LogP contribution is 2.56. The van der Waals surface area contributed by atoms with Crippen molar-refractivity contribution >= 4 is 5.97 Å². The van der Waals surface area contributed by atoms with Gasteiger partial charge in [-0.3, -0.25) is 0 Å². The van der Waals surface area contributed by atoms with Crippen molar-refractivity contribution in [2.45, 2.75) is 31.3 Å². The van der Waals surface area contributed by atoms with Crippen molar-refractivity contribution in [1.82, 2.24) is 0 Å². The van der Waals surface area contributed by atoms with E-state index in [-0.39, 0.29) is 11.6 Å². The molecular weight excluding hydrogens is 214 g/mol. The van der Waals surface area contributed by atoms with Crippen LogP contribution in [0.15, 0.2) is 24.3 Å². The summed E-state index contributed by atoms with van der Waals surface area (Å²) in [4.78, 5) is 12.0. The van der Waals surface area contributed by atoms with Crippen molar-refractivity contribution in [1.29, 1.82) is 5.26 Å². The van der Waals surface area contributed by atoms with E-state index in [4.69, 9.17) is 10.00 Å². The van der Waals surface area contributed by atoms with Crippen molar-refractivity contribution in [3.05, 3.63) is 35.4 Å². The van der Waals surface area contributed by atoms with E-state index in [1.165, 1.54) is 12.8 Å². The van der Waals surface area contributed by atoms with E-state index in [0.29, 0.717) is 17.0 Å². The predicted molar refractivity (Wildman–Crippen MR) is 61.3 cm³/mol. The molecule has 1 aromatic carbocycles. The molecule has 0 spiro atoms. The second-order valence-electron chi connectivity index (χ2n) is 4.92. The molecule has 0 amide bonds. The van der Waals surface area contributed by atoms with Gasteiger partial charge in [0.25, 0.3) is 0 Å². The lowest BCUT2D eigenvalue weighted by Crippen LogP contribution is -2.21. The summed E-state index contributed by atoms with van der Waals surface area (Å²) in [5.74, 6) is 0.303. The van der Waals surface area contributed by atoms with E-state index >= 15 is 0 Å². The average molecular weight is 227 g/mol. The molecule has 0 radical (unpaired) electrons. The third kappa shape index (κ3) is 1.91. The fraction of sp³-hybridized carbons (Fsp3) is 0.429. The molecule has 3 rings (SSSR count). The Labute approximate surface area is 100 Å². The molecule has 0 unspecified atom stereocenters. The highest BCUT2D eigenvalue weighted by molar-refractivity contribution is 5.90. The van der Waals surface area contributed by atoms with Gasteiger partial charge in [0, 0.05) is 0 Å². The van der Waals surface area contributed by atoms with Gasteiger partial charge in [0.05, 0.1) is 17.2 Å². The van der Waals surface area contributed by atoms with E-state index in [0.717, 1.165) is 12.8 Å². The molecule has 0 atom stereocenters. The Bertz CT molecular complexity index is 507. The fourth-order valence-corrected chi connectivity index (χ4v) is 2.29. The second-order valence-corrected chi connectivity index (χ2v) is 4.92. The van der Waals surface area contributed by atoms with Gasteiger partial charge in [-0.05, 0) is 49.8 Å². The maximum atomic E-state index is 12.0. The predicted octanol–water partition coefficient (Wildman–Crippen LogP) is 2.66. The highest BCUT2D eigenvalue weighted by atomic mass is 16.6. The first-order valence-electron chi connectivity index (χ1n) is 5.97. The van der Waals surface area contributed by atoms with Crippen molar-refractivity contribution < 1.29 is 9.53 Å². The van der Waals surface area contributed by atoms with E-state index in [2.05, 4.69) is 0 Å². The van der Waals surface area contributed by atoms with Crippen LogP contribution >= 0.6 is 0 Å². The molecule has 2 aliphatic rings. The first-order valence-corrected chi connectivity index (χ1v) is 5.97. The molecule has 3 nitrogen and oxygen atoms in total. The van der Waals surface area contributed by atoms with Gasteiger partial charge in [-0.25, -0.2) is 4.79 Å². The van der Waals surface area contributed by atoms with Gasteiger partial charge < -0.3 is 4.74 Å². The summed E-state index contributed by atoms with van der Waals surface area (Å²) < 4.78 is 5.61. The lowest BCUT2D eigenvalue weighted by atomic mass is 10.1. The minimum Gasteiger partial charge on any atom is -0.455 e. The maximum absolute atomic E-state index is 12.0. The number of nitrogens with zero attached hydrogens (tertiary/aromatic N) is 1. The van der Waals surface area contributed by atoms with Crippen molar-refractivity contribution in [2.75, 3.05) is 0 Å². The Morgan fingerprint density at radius 3 is 2.76 bits per heavy atom. The number of carbonyl (C=O) groups excluding carboxylic acids is 1. The number of carbonyl (C=O) groups is 1.